The monoisotopic (exact) mass is 437 g/mol. The molecule has 0 aromatic carbocycles. The van der Waals surface area contributed by atoms with Crippen LogP contribution >= 0.6 is 0 Å². The molecule has 0 radical (unpaired) electrons. The average Bonchev–Trinajstić information content (AvgIpc) is 3.53. The van der Waals surface area contributed by atoms with Gasteiger partial charge in [0.25, 0.3) is 0 Å². The maximum atomic E-state index is 12.6. The third-order valence-electron chi connectivity index (χ3n) is 6.82. The first kappa shape index (κ1) is 19.6. The number of aromatic amines is 1. The van der Waals surface area contributed by atoms with Gasteiger partial charge < -0.3 is 14.5 Å². The molecule has 2 atom stereocenters. The number of hydrogen-bond acceptors (Lipinski definition) is 8. The lowest BCUT2D eigenvalue weighted by molar-refractivity contribution is -0.132. The number of likely N-dealkylation sites (N-methyl/N-ethyl adjacent to an activating group) is 1. The van der Waals surface area contributed by atoms with E-state index in [-0.39, 0.29) is 18.0 Å². The summed E-state index contributed by atoms with van der Waals surface area (Å²) in [7, 11) is 1.87. The first-order valence-electron chi connectivity index (χ1n) is 11.2. The number of H-pyrrole nitrogens is 1. The Morgan fingerprint density at radius 3 is 2.94 bits per heavy atom. The van der Waals surface area contributed by atoms with E-state index in [1.807, 2.05) is 29.0 Å². The van der Waals surface area contributed by atoms with E-state index in [2.05, 4.69) is 30.1 Å². The zero-order valence-electron chi connectivity index (χ0n) is 18.1. The molecule has 6 heterocycles. The molecule has 11 heteroatoms. The molecule has 3 aromatic rings. The number of morpholine rings is 1. The number of amides is 1. The minimum atomic E-state index is -0.172. The first-order chi connectivity index (χ1) is 15.7. The van der Waals surface area contributed by atoms with Gasteiger partial charge >= 0.3 is 0 Å². The average molecular weight is 438 g/mol. The van der Waals surface area contributed by atoms with E-state index < -0.39 is 0 Å². The van der Waals surface area contributed by atoms with Crippen molar-refractivity contribution in [1.82, 2.24) is 39.7 Å². The molecule has 0 spiro atoms. The number of nitrogens with zero attached hydrogens (tertiary/aromatic N) is 8. The second kappa shape index (κ2) is 7.82. The zero-order chi connectivity index (χ0) is 21.7. The lowest BCUT2D eigenvalue weighted by atomic mass is 10.2. The Labute approximate surface area is 185 Å². The van der Waals surface area contributed by atoms with E-state index in [1.54, 1.807) is 6.20 Å². The maximum absolute atomic E-state index is 12.6. The summed E-state index contributed by atoms with van der Waals surface area (Å²) in [5.41, 5.74) is 3.21. The van der Waals surface area contributed by atoms with E-state index in [4.69, 9.17) is 9.72 Å². The summed E-state index contributed by atoms with van der Waals surface area (Å²) in [5.74, 6) is 0.755. The standard InChI is InChI=1S/C21H27N9O2/c1-27-13-15-2-3-17(20(27)31)30(15)21-22-11-16-19(24-21)18(26-25-16)14-10-23-29(12-14)5-4-28-6-8-32-9-7-28/h10-12,15,17H,2-9,13H2,1H3,(H,25,26). The molecule has 32 heavy (non-hydrogen) atoms. The number of piperazine rings is 1. The van der Waals surface area contributed by atoms with Gasteiger partial charge in [0.1, 0.15) is 22.8 Å². The highest BCUT2D eigenvalue weighted by molar-refractivity contribution is 5.91. The van der Waals surface area contributed by atoms with Gasteiger partial charge in [0.15, 0.2) is 0 Å². The van der Waals surface area contributed by atoms with Gasteiger partial charge in [-0.05, 0) is 12.8 Å². The van der Waals surface area contributed by atoms with Crippen molar-refractivity contribution in [2.45, 2.75) is 31.5 Å². The van der Waals surface area contributed by atoms with E-state index in [0.717, 1.165) is 74.5 Å². The third kappa shape index (κ3) is 3.32. The van der Waals surface area contributed by atoms with Gasteiger partial charge in [-0.3, -0.25) is 19.5 Å². The first-order valence-corrected chi connectivity index (χ1v) is 11.2. The van der Waals surface area contributed by atoms with Crippen molar-refractivity contribution in [3.63, 3.8) is 0 Å². The largest absolute Gasteiger partial charge is 0.379 e. The number of carbonyl (C=O) groups is 1. The van der Waals surface area contributed by atoms with E-state index in [0.29, 0.717) is 12.5 Å². The predicted octanol–water partition coefficient (Wildman–Crippen LogP) is 0.358. The van der Waals surface area contributed by atoms with Crippen LogP contribution in [0.1, 0.15) is 12.8 Å². The fourth-order valence-electron chi connectivity index (χ4n) is 5.07. The summed E-state index contributed by atoms with van der Waals surface area (Å²) in [6.07, 6.45) is 7.44. The SMILES string of the molecule is CN1CC2CCC(C1=O)N2c1ncc2[nH]nc(-c3cnn(CCN4CCOCC4)c3)c2n1. The molecule has 168 valence electrons. The van der Waals surface area contributed by atoms with Crippen LogP contribution in [0.4, 0.5) is 5.95 Å². The molecule has 0 aliphatic carbocycles. The highest BCUT2D eigenvalue weighted by Crippen LogP contribution is 2.34. The number of fused-ring (bicyclic) bond motifs is 3. The normalized spacial score (nSPS) is 24.1. The van der Waals surface area contributed by atoms with Crippen molar-refractivity contribution in [1.29, 1.82) is 0 Å². The zero-order valence-corrected chi connectivity index (χ0v) is 18.1. The molecule has 0 saturated carbocycles. The Morgan fingerprint density at radius 1 is 1.19 bits per heavy atom. The summed E-state index contributed by atoms with van der Waals surface area (Å²) in [6, 6.07) is 0.0907. The number of anilines is 1. The Bertz CT molecular complexity index is 1140. The Morgan fingerprint density at radius 2 is 2.06 bits per heavy atom. The van der Waals surface area contributed by atoms with Gasteiger partial charge in [0.05, 0.1) is 38.2 Å². The molecule has 1 N–H and O–H groups in total. The second-order valence-electron chi connectivity index (χ2n) is 8.82. The quantitative estimate of drug-likeness (QED) is 0.610. The van der Waals surface area contributed by atoms with Gasteiger partial charge in [-0.1, -0.05) is 0 Å². The van der Waals surface area contributed by atoms with Crippen molar-refractivity contribution in [3.05, 3.63) is 18.6 Å². The van der Waals surface area contributed by atoms with Gasteiger partial charge in [-0.15, -0.1) is 0 Å². The van der Waals surface area contributed by atoms with Crippen molar-refractivity contribution >= 4 is 22.9 Å². The Balaban J connectivity index is 1.25. The molecule has 1 amide bonds. The molecule has 2 bridgehead atoms. The summed E-state index contributed by atoms with van der Waals surface area (Å²) < 4.78 is 7.37. The van der Waals surface area contributed by atoms with Gasteiger partial charge in [-0.2, -0.15) is 10.2 Å². The van der Waals surface area contributed by atoms with E-state index in [9.17, 15) is 4.79 Å². The number of ether oxygens (including phenoxy) is 1. The molecule has 2 unspecified atom stereocenters. The van der Waals surface area contributed by atoms with Crippen molar-refractivity contribution in [3.8, 4) is 11.3 Å². The molecule has 3 aliphatic heterocycles. The van der Waals surface area contributed by atoms with Crippen molar-refractivity contribution in [2.75, 3.05) is 51.3 Å². The number of carbonyl (C=O) groups excluding carboxylic acids is 1. The molecule has 11 nitrogen and oxygen atoms in total. The maximum Gasteiger partial charge on any atom is 0.245 e. The molecular formula is C21H27N9O2. The van der Waals surface area contributed by atoms with Crippen molar-refractivity contribution in [2.24, 2.45) is 0 Å². The highest BCUT2D eigenvalue weighted by Gasteiger charge is 2.45. The lowest BCUT2D eigenvalue weighted by Gasteiger charge is -2.38. The topological polar surface area (TPSA) is 108 Å². The van der Waals surface area contributed by atoms with Gasteiger partial charge in [-0.25, -0.2) is 9.97 Å². The van der Waals surface area contributed by atoms with Crippen LogP contribution in [0.15, 0.2) is 18.6 Å². The van der Waals surface area contributed by atoms with E-state index >= 15 is 0 Å². The van der Waals surface area contributed by atoms with E-state index in [1.165, 1.54) is 0 Å². The van der Waals surface area contributed by atoms with Gasteiger partial charge in [0.2, 0.25) is 11.9 Å². The fraction of sp³-hybridized carbons (Fsp3) is 0.571. The Kier molecular flexibility index (Phi) is 4.80. The van der Waals surface area contributed by atoms with Crippen LogP contribution < -0.4 is 4.90 Å². The summed E-state index contributed by atoms with van der Waals surface area (Å²) in [5, 5.41) is 12.1. The molecule has 3 aromatic heterocycles. The molecule has 3 aliphatic rings. The van der Waals surface area contributed by atoms with Crippen LogP contribution in [0, 0.1) is 0 Å². The molecule has 6 rings (SSSR count). The minimum absolute atomic E-state index is 0.149. The second-order valence-corrected chi connectivity index (χ2v) is 8.82. The number of rotatable bonds is 5. The Hall–Kier alpha value is -3.05. The minimum Gasteiger partial charge on any atom is -0.379 e. The number of nitrogens with one attached hydrogen (secondary N) is 1. The summed E-state index contributed by atoms with van der Waals surface area (Å²) in [6.45, 7) is 6.00. The fourth-order valence-corrected chi connectivity index (χ4v) is 5.07. The number of hydrogen-bond donors (Lipinski definition) is 1. The smallest absolute Gasteiger partial charge is 0.245 e. The highest BCUT2D eigenvalue weighted by atomic mass is 16.5. The molecule has 3 fully saturated rings. The molecular weight excluding hydrogens is 410 g/mol. The van der Waals surface area contributed by atoms with Crippen molar-refractivity contribution < 1.29 is 9.53 Å². The van der Waals surface area contributed by atoms with Crippen LogP contribution in [-0.2, 0) is 16.1 Å². The third-order valence-corrected chi connectivity index (χ3v) is 6.82. The lowest BCUT2D eigenvalue weighted by Crippen LogP contribution is -2.56. The van der Waals surface area contributed by atoms with Crippen LogP contribution in [0.25, 0.3) is 22.3 Å². The van der Waals surface area contributed by atoms with Crippen LogP contribution in [-0.4, -0.2) is 104 Å². The molecule has 3 saturated heterocycles. The van der Waals surface area contributed by atoms with Crippen LogP contribution in [0.5, 0.6) is 0 Å². The summed E-state index contributed by atoms with van der Waals surface area (Å²) >= 11 is 0. The van der Waals surface area contributed by atoms with Crippen LogP contribution in [0.3, 0.4) is 0 Å². The number of aromatic nitrogens is 6. The van der Waals surface area contributed by atoms with Crippen LogP contribution in [0.2, 0.25) is 0 Å². The summed E-state index contributed by atoms with van der Waals surface area (Å²) in [4.78, 5) is 28.4. The predicted molar refractivity (Wildman–Crippen MR) is 117 cm³/mol. The number of likely N-dealkylation sites (tertiary alicyclic amines) is 1. The van der Waals surface area contributed by atoms with Gasteiger partial charge in [0, 0.05) is 45.0 Å².